The van der Waals surface area contributed by atoms with Crippen molar-refractivity contribution in [2.45, 2.75) is 32.3 Å². The fourth-order valence-electron chi connectivity index (χ4n) is 1.40. The van der Waals surface area contributed by atoms with Crippen molar-refractivity contribution in [3.8, 4) is 0 Å². The van der Waals surface area contributed by atoms with Gasteiger partial charge in [-0.2, -0.15) is 0 Å². The van der Waals surface area contributed by atoms with Crippen LogP contribution in [0.4, 0.5) is 0 Å². The van der Waals surface area contributed by atoms with Gasteiger partial charge in [0, 0.05) is 12.6 Å². The molecule has 1 amide bonds. The number of unbranched alkanes of at least 4 members (excludes halogenated alkanes) is 2. The lowest BCUT2D eigenvalue weighted by atomic mass is 10.2. The van der Waals surface area contributed by atoms with Crippen LogP contribution in [0.5, 0.6) is 0 Å². The molecule has 0 aromatic carbocycles. The third-order valence-corrected chi connectivity index (χ3v) is 2.41. The van der Waals surface area contributed by atoms with Crippen molar-refractivity contribution in [1.29, 1.82) is 0 Å². The zero-order valence-corrected chi connectivity index (χ0v) is 10.4. The highest BCUT2D eigenvalue weighted by Crippen LogP contribution is 2.00. The highest BCUT2D eigenvalue weighted by Gasteiger charge is 2.15. The molecule has 1 unspecified atom stereocenters. The normalized spacial score (nSPS) is 20.4. The average molecular weight is 239 g/mol. The highest BCUT2D eigenvalue weighted by atomic mass is 16.7. The molecule has 1 rings (SSSR count). The Bertz CT molecular complexity index is 268. The van der Waals surface area contributed by atoms with Crippen molar-refractivity contribution in [2.75, 3.05) is 19.9 Å². The minimum absolute atomic E-state index is 0.00699. The first-order valence-electron chi connectivity index (χ1n) is 6.13. The van der Waals surface area contributed by atoms with Gasteiger partial charge in [-0.1, -0.05) is 38.0 Å². The quantitative estimate of drug-likeness (QED) is 0.418. The van der Waals surface area contributed by atoms with Crippen molar-refractivity contribution in [3.63, 3.8) is 0 Å². The van der Waals surface area contributed by atoms with Crippen LogP contribution in [0.1, 0.15) is 26.2 Å². The highest BCUT2D eigenvalue weighted by molar-refractivity contribution is 5.87. The molecule has 0 aromatic rings. The molecule has 1 N–H and O–H groups in total. The molecule has 1 atom stereocenters. The summed E-state index contributed by atoms with van der Waals surface area (Å²) in [5.74, 6) is -0.0966. The summed E-state index contributed by atoms with van der Waals surface area (Å²) < 4.78 is 10.2. The number of rotatable bonds is 7. The molecule has 17 heavy (non-hydrogen) atoms. The molecule has 0 bridgehead atoms. The molecule has 1 fully saturated rings. The lowest BCUT2D eigenvalue weighted by molar-refractivity contribution is -0.116. The van der Waals surface area contributed by atoms with Gasteiger partial charge in [-0.15, -0.1) is 0 Å². The number of hydrogen-bond acceptors (Lipinski definition) is 3. The Morgan fingerprint density at radius 1 is 1.47 bits per heavy atom. The van der Waals surface area contributed by atoms with Gasteiger partial charge in [0.15, 0.2) is 0 Å². The van der Waals surface area contributed by atoms with E-state index in [9.17, 15) is 4.79 Å². The second-order valence-corrected chi connectivity index (χ2v) is 3.95. The van der Waals surface area contributed by atoms with Gasteiger partial charge in [-0.25, -0.2) is 0 Å². The summed E-state index contributed by atoms with van der Waals surface area (Å²) >= 11 is 0. The van der Waals surface area contributed by atoms with Crippen LogP contribution in [0, 0.1) is 0 Å². The minimum atomic E-state index is -0.0966. The van der Waals surface area contributed by atoms with E-state index in [-0.39, 0.29) is 12.0 Å². The third-order valence-electron chi connectivity index (χ3n) is 2.41. The van der Waals surface area contributed by atoms with Crippen molar-refractivity contribution >= 4 is 5.91 Å². The maximum absolute atomic E-state index is 11.4. The molecule has 1 heterocycles. The molecule has 4 nitrogen and oxygen atoms in total. The van der Waals surface area contributed by atoms with Gasteiger partial charge >= 0.3 is 0 Å². The molecule has 1 aliphatic rings. The van der Waals surface area contributed by atoms with Crippen LogP contribution in [0.3, 0.4) is 0 Å². The number of carbonyl (C=O) groups is 1. The van der Waals surface area contributed by atoms with Crippen LogP contribution < -0.4 is 5.32 Å². The van der Waals surface area contributed by atoms with E-state index >= 15 is 0 Å². The van der Waals surface area contributed by atoms with E-state index in [4.69, 9.17) is 9.47 Å². The summed E-state index contributed by atoms with van der Waals surface area (Å²) in [4.78, 5) is 11.4. The van der Waals surface area contributed by atoms with Gasteiger partial charge in [-0.05, 0) is 6.42 Å². The Morgan fingerprint density at radius 3 is 3.06 bits per heavy atom. The molecular weight excluding hydrogens is 218 g/mol. The van der Waals surface area contributed by atoms with Crippen LogP contribution in [0.15, 0.2) is 24.3 Å². The van der Waals surface area contributed by atoms with E-state index in [1.165, 1.54) is 18.9 Å². The molecule has 0 aliphatic carbocycles. The van der Waals surface area contributed by atoms with Crippen LogP contribution >= 0.6 is 0 Å². The van der Waals surface area contributed by atoms with Gasteiger partial charge in [0.25, 0.3) is 0 Å². The van der Waals surface area contributed by atoms with Gasteiger partial charge in [0.1, 0.15) is 12.9 Å². The number of carbonyl (C=O) groups excluding carboxylic acids is 1. The van der Waals surface area contributed by atoms with Crippen LogP contribution in [0.25, 0.3) is 0 Å². The van der Waals surface area contributed by atoms with E-state index in [2.05, 4.69) is 18.3 Å². The van der Waals surface area contributed by atoms with Crippen LogP contribution in [-0.2, 0) is 14.3 Å². The Labute approximate surface area is 103 Å². The fraction of sp³-hybridized carbons (Fsp3) is 0.615. The zero-order valence-electron chi connectivity index (χ0n) is 10.4. The molecule has 0 saturated carbocycles. The molecule has 1 aliphatic heterocycles. The Hall–Kier alpha value is -1.13. The first-order valence-corrected chi connectivity index (χ1v) is 6.13. The first-order chi connectivity index (χ1) is 8.33. The van der Waals surface area contributed by atoms with Crippen molar-refractivity contribution in [2.24, 2.45) is 0 Å². The molecule has 0 spiro atoms. The van der Waals surface area contributed by atoms with E-state index in [1.807, 2.05) is 6.08 Å². The topological polar surface area (TPSA) is 47.6 Å². The van der Waals surface area contributed by atoms with E-state index in [0.717, 1.165) is 6.42 Å². The van der Waals surface area contributed by atoms with Crippen molar-refractivity contribution in [1.82, 2.24) is 5.32 Å². The second-order valence-electron chi connectivity index (χ2n) is 3.95. The lowest BCUT2D eigenvalue weighted by Gasteiger charge is -2.06. The summed E-state index contributed by atoms with van der Waals surface area (Å²) in [5.41, 5.74) is 0. The SMILES string of the molecule is CCCCC=CC=CC(=O)NCC1COCO1. The predicted molar refractivity (Wildman–Crippen MR) is 66.5 cm³/mol. The summed E-state index contributed by atoms with van der Waals surface area (Å²) in [6, 6.07) is 0. The largest absolute Gasteiger partial charge is 0.353 e. The van der Waals surface area contributed by atoms with Crippen LogP contribution in [0.2, 0.25) is 0 Å². The summed E-state index contributed by atoms with van der Waals surface area (Å²) in [6.07, 6.45) is 10.7. The number of nitrogens with one attached hydrogen (secondary N) is 1. The monoisotopic (exact) mass is 239 g/mol. The smallest absolute Gasteiger partial charge is 0.244 e. The van der Waals surface area contributed by atoms with Crippen LogP contribution in [-0.4, -0.2) is 32.0 Å². The standard InChI is InChI=1S/C13H21NO3/c1-2-3-4-5-6-7-8-13(15)14-9-12-10-16-11-17-12/h5-8,12H,2-4,9-11H2,1H3,(H,14,15). The molecule has 0 aromatic heterocycles. The van der Waals surface area contributed by atoms with Gasteiger partial charge in [0.05, 0.1) is 6.61 Å². The minimum Gasteiger partial charge on any atom is -0.353 e. The summed E-state index contributed by atoms with van der Waals surface area (Å²) in [6.45, 7) is 3.55. The number of hydrogen-bond donors (Lipinski definition) is 1. The van der Waals surface area contributed by atoms with E-state index in [1.54, 1.807) is 6.08 Å². The second kappa shape index (κ2) is 8.96. The maximum atomic E-state index is 11.4. The summed E-state index contributed by atoms with van der Waals surface area (Å²) in [5, 5.41) is 2.76. The Balaban J connectivity index is 2.06. The van der Waals surface area contributed by atoms with Crippen molar-refractivity contribution in [3.05, 3.63) is 24.3 Å². The van der Waals surface area contributed by atoms with E-state index in [0.29, 0.717) is 19.9 Å². The van der Waals surface area contributed by atoms with Crippen molar-refractivity contribution < 1.29 is 14.3 Å². The molecule has 0 radical (unpaired) electrons. The lowest BCUT2D eigenvalue weighted by Crippen LogP contribution is -2.32. The summed E-state index contributed by atoms with van der Waals surface area (Å²) in [7, 11) is 0. The molecule has 1 saturated heterocycles. The van der Waals surface area contributed by atoms with Gasteiger partial charge in [-0.3, -0.25) is 4.79 Å². The first kappa shape index (κ1) is 13.9. The number of allylic oxidation sites excluding steroid dienone is 3. The Morgan fingerprint density at radius 2 is 2.35 bits per heavy atom. The zero-order chi connectivity index (χ0) is 12.3. The maximum Gasteiger partial charge on any atom is 0.244 e. The third kappa shape index (κ3) is 6.92. The number of amides is 1. The average Bonchev–Trinajstić information content (AvgIpc) is 2.84. The molecular formula is C13H21NO3. The van der Waals surface area contributed by atoms with Gasteiger partial charge < -0.3 is 14.8 Å². The molecule has 96 valence electrons. The number of ether oxygens (including phenoxy) is 2. The molecule has 4 heteroatoms. The fourth-order valence-corrected chi connectivity index (χ4v) is 1.40. The Kier molecular flexibility index (Phi) is 7.34. The van der Waals surface area contributed by atoms with E-state index < -0.39 is 0 Å². The van der Waals surface area contributed by atoms with Gasteiger partial charge in [0.2, 0.25) is 5.91 Å². The predicted octanol–water partition coefficient (Wildman–Crippen LogP) is 1.78.